The summed E-state index contributed by atoms with van der Waals surface area (Å²) in [6.45, 7) is 0. The normalized spacial score (nSPS) is 12.6. The van der Waals surface area contributed by atoms with Gasteiger partial charge in [0.15, 0.2) is 0 Å². The highest BCUT2D eigenvalue weighted by Gasteiger charge is 2.34. The van der Waals surface area contributed by atoms with Gasteiger partial charge in [0.1, 0.15) is 5.69 Å². The third-order valence-corrected chi connectivity index (χ3v) is 1.52. The minimum atomic E-state index is -4.40. The molecule has 0 saturated carbocycles. The monoisotopic (exact) mass is 210 g/mol. The van der Waals surface area contributed by atoms with Crippen LogP contribution < -0.4 is 0 Å². The highest BCUT2D eigenvalue weighted by Crippen LogP contribution is 2.30. The Labute approximate surface area is 77.4 Å². The van der Waals surface area contributed by atoms with Crippen LogP contribution in [0.5, 0.6) is 0 Å². The molecule has 2 nitrogen and oxygen atoms in total. The van der Waals surface area contributed by atoms with E-state index in [1.54, 1.807) is 0 Å². The van der Waals surface area contributed by atoms with E-state index in [4.69, 9.17) is 11.6 Å². The van der Waals surface area contributed by atoms with E-state index in [0.29, 0.717) is 0 Å². The molecule has 1 rings (SSSR count). The molecular formula is C7H6ClF3N2. The molecule has 1 heterocycles. The summed E-state index contributed by atoms with van der Waals surface area (Å²) in [4.78, 5) is 0. The summed E-state index contributed by atoms with van der Waals surface area (Å²) in [5, 5.41) is 5.19. The first-order valence-corrected chi connectivity index (χ1v) is 3.92. The third kappa shape index (κ3) is 2.48. The van der Waals surface area contributed by atoms with Gasteiger partial charge in [0, 0.05) is 11.4 Å². The molecule has 0 aliphatic rings. The van der Waals surface area contributed by atoms with Crippen molar-refractivity contribution in [3.63, 3.8) is 0 Å². The topological polar surface area (TPSA) is 28.7 Å². The molecule has 0 saturated heterocycles. The molecule has 0 radical (unpaired) electrons. The summed E-state index contributed by atoms with van der Waals surface area (Å²) >= 11 is 5.29. The summed E-state index contributed by atoms with van der Waals surface area (Å²) in [5.74, 6) is 0.169. The van der Waals surface area contributed by atoms with Crippen molar-refractivity contribution in [2.45, 2.75) is 6.18 Å². The van der Waals surface area contributed by atoms with Crippen molar-refractivity contribution in [1.82, 2.24) is 10.2 Å². The van der Waals surface area contributed by atoms with Crippen LogP contribution in [-0.4, -0.2) is 16.1 Å². The zero-order valence-corrected chi connectivity index (χ0v) is 7.15. The number of hydrogen-bond donors (Lipinski definition) is 1. The van der Waals surface area contributed by atoms with Gasteiger partial charge in [-0.15, -0.1) is 11.6 Å². The van der Waals surface area contributed by atoms with E-state index < -0.39 is 11.9 Å². The standard InChI is InChI=1S/C7H6ClF3N2/c8-3-1-2-5-4-12-13-6(5)7(9,10)11/h1-2,4H,3H2,(H,12,13). The average Bonchev–Trinajstić information content (AvgIpc) is 2.47. The molecule has 1 aromatic rings. The van der Waals surface area contributed by atoms with Gasteiger partial charge >= 0.3 is 6.18 Å². The zero-order chi connectivity index (χ0) is 9.90. The Bertz CT molecular complexity index is 303. The first kappa shape index (κ1) is 10.1. The summed E-state index contributed by atoms with van der Waals surface area (Å²) in [6, 6.07) is 0. The molecule has 0 unspecified atom stereocenters. The average molecular weight is 211 g/mol. The highest BCUT2D eigenvalue weighted by molar-refractivity contribution is 6.19. The number of alkyl halides is 4. The number of aromatic amines is 1. The van der Waals surface area contributed by atoms with E-state index in [0.717, 1.165) is 6.20 Å². The van der Waals surface area contributed by atoms with Gasteiger partial charge in [-0.25, -0.2) is 0 Å². The van der Waals surface area contributed by atoms with Crippen LogP contribution in [-0.2, 0) is 6.18 Å². The zero-order valence-electron chi connectivity index (χ0n) is 6.40. The van der Waals surface area contributed by atoms with Crippen LogP contribution in [0.15, 0.2) is 12.3 Å². The van der Waals surface area contributed by atoms with Gasteiger partial charge in [0.05, 0.1) is 6.20 Å². The summed E-state index contributed by atoms with van der Waals surface area (Å²) in [7, 11) is 0. The van der Waals surface area contributed by atoms with E-state index in [1.807, 2.05) is 5.10 Å². The second-order valence-corrected chi connectivity index (χ2v) is 2.56. The Morgan fingerprint density at radius 2 is 2.23 bits per heavy atom. The number of allylic oxidation sites excluding steroid dienone is 1. The minimum Gasteiger partial charge on any atom is -0.273 e. The maximum absolute atomic E-state index is 12.2. The lowest BCUT2D eigenvalue weighted by Gasteiger charge is -2.03. The van der Waals surface area contributed by atoms with Gasteiger partial charge in [-0.3, -0.25) is 5.10 Å². The van der Waals surface area contributed by atoms with Crippen molar-refractivity contribution in [2.24, 2.45) is 0 Å². The number of hydrogen-bond acceptors (Lipinski definition) is 1. The second kappa shape index (κ2) is 3.83. The van der Waals surface area contributed by atoms with E-state index in [9.17, 15) is 13.2 Å². The van der Waals surface area contributed by atoms with Crippen molar-refractivity contribution < 1.29 is 13.2 Å². The quantitative estimate of drug-likeness (QED) is 0.747. The molecule has 0 fully saturated rings. The predicted octanol–water partition coefficient (Wildman–Crippen LogP) is 2.68. The van der Waals surface area contributed by atoms with Gasteiger partial charge in [-0.1, -0.05) is 12.2 Å². The van der Waals surface area contributed by atoms with Crippen LogP contribution in [0.2, 0.25) is 0 Å². The Morgan fingerprint density at radius 1 is 1.54 bits per heavy atom. The number of nitrogens with zero attached hydrogens (tertiary/aromatic N) is 1. The van der Waals surface area contributed by atoms with Crippen molar-refractivity contribution in [3.05, 3.63) is 23.5 Å². The number of H-pyrrole nitrogens is 1. The first-order chi connectivity index (χ1) is 6.05. The molecule has 0 aliphatic heterocycles. The third-order valence-electron chi connectivity index (χ3n) is 1.34. The lowest BCUT2D eigenvalue weighted by Crippen LogP contribution is -2.07. The number of aromatic nitrogens is 2. The Balaban J connectivity index is 2.96. The largest absolute Gasteiger partial charge is 0.433 e. The van der Waals surface area contributed by atoms with Crippen molar-refractivity contribution >= 4 is 17.7 Å². The van der Waals surface area contributed by atoms with Crippen molar-refractivity contribution in [2.75, 3.05) is 5.88 Å². The van der Waals surface area contributed by atoms with E-state index in [2.05, 4.69) is 5.10 Å². The lowest BCUT2D eigenvalue weighted by atomic mass is 10.2. The van der Waals surface area contributed by atoms with E-state index >= 15 is 0 Å². The molecule has 0 aliphatic carbocycles. The van der Waals surface area contributed by atoms with Crippen LogP contribution in [0.25, 0.3) is 6.08 Å². The molecule has 0 aromatic carbocycles. The van der Waals surface area contributed by atoms with Gasteiger partial charge in [0.2, 0.25) is 0 Å². The molecule has 1 N–H and O–H groups in total. The van der Waals surface area contributed by atoms with Crippen molar-refractivity contribution in [3.8, 4) is 0 Å². The Hall–Kier alpha value is -0.970. The van der Waals surface area contributed by atoms with Crippen LogP contribution >= 0.6 is 11.6 Å². The SMILES string of the molecule is FC(F)(F)c1[nH]ncc1C=CCCl. The van der Waals surface area contributed by atoms with Crippen LogP contribution in [0.1, 0.15) is 11.3 Å². The Morgan fingerprint density at radius 3 is 2.77 bits per heavy atom. The van der Waals surface area contributed by atoms with Crippen molar-refractivity contribution in [1.29, 1.82) is 0 Å². The fraction of sp³-hybridized carbons (Fsp3) is 0.286. The van der Waals surface area contributed by atoms with Gasteiger partial charge < -0.3 is 0 Å². The smallest absolute Gasteiger partial charge is 0.273 e. The summed E-state index contributed by atoms with van der Waals surface area (Å²) in [6.07, 6.45) is -0.602. The fourth-order valence-electron chi connectivity index (χ4n) is 0.820. The van der Waals surface area contributed by atoms with Crippen LogP contribution in [0.3, 0.4) is 0 Å². The van der Waals surface area contributed by atoms with E-state index in [1.165, 1.54) is 12.2 Å². The molecule has 1 aromatic heterocycles. The maximum atomic E-state index is 12.2. The number of nitrogens with one attached hydrogen (secondary N) is 1. The van der Waals surface area contributed by atoms with Gasteiger partial charge in [0.25, 0.3) is 0 Å². The molecule has 0 amide bonds. The molecular weight excluding hydrogens is 205 g/mol. The first-order valence-electron chi connectivity index (χ1n) is 3.38. The number of rotatable bonds is 2. The number of halogens is 4. The fourth-order valence-corrected chi connectivity index (χ4v) is 0.909. The predicted molar refractivity (Wildman–Crippen MR) is 43.3 cm³/mol. The maximum Gasteiger partial charge on any atom is 0.433 e. The highest BCUT2D eigenvalue weighted by atomic mass is 35.5. The molecule has 0 atom stereocenters. The second-order valence-electron chi connectivity index (χ2n) is 2.25. The summed E-state index contributed by atoms with van der Waals surface area (Å²) < 4.78 is 36.5. The molecule has 0 spiro atoms. The van der Waals surface area contributed by atoms with Gasteiger partial charge in [-0.2, -0.15) is 18.3 Å². The summed E-state index contributed by atoms with van der Waals surface area (Å²) in [5.41, 5.74) is -0.859. The molecule has 6 heteroatoms. The Kier molecular flexibility index (Phi) is 2.98. The van der Waals surface area contributed by atoms with E-state index in [-0.39, 0.29) is 11.4 Å². The molecule has 72 valence electrons. The lowest BCUT2D eigenvalue weighted by molar-refractivity contribution is -0.141. The molecule has 13 heavy (non-hydrogen) atoms. The van der Waals surface area contributed by atoms with Crippen LogP contribution in [0, 0.1) is 0 Å². The minimum absolute atomic E-state index is 0.00634. The molecule has 0 bridgehead atoms. The van der Waals surface area contributed by atoms with Crippen LogP contribution in [0.4, 0.5) is 13.2 Å². The van der Waals surface area contributed by atoms with Gasteiger partial charge in [-0.05, 0) is 0 Å².